The Balaban J connectivity index is 2.27. The topological polar surface area (TPSA) is 38.5 Å². The minimum absolute atomic E-state index is 0.172. The second-order valence-electron chi connectivity index (χ2n) is 2.96. The van der Waals surface area contributed by atoms with E-state index in [0.29, 0.717) is 6.54 Å². The van der Waals surface area contributed by atoms with Gasteiger partial charge in [-0.3, -0.25) is 0 Å². The molecule has 1 aromatic carbocycles. The summed E-state index contributed by atoms with van der Waals surface area (Å²) in [5.41, 5.74) is 6.96. The van der Waals surface area contributed by atoms with Crippen LogP contribution in [0.4, 0.5) is 0 Å². The normalized spacial score (nSPS) is 20.8. The molecule has 3 heteroatoms. The summed E-state index contributed by atoms with van der Waals surface area (Å²) in [5, 5.41) is 1.71. The average molecular weight is 176 g/mol. The van der Waals surface area contributed by atoms with E-state index in [1.54, 1.807) is 11.1 Å². The Labute approximate surface area is 77.4 Å². The molecule has 1 atom stereocenters. The molecule has 0 saturated heterocycles. The Bertz CT molecular complexity index is 324. The van der Waals surface area contributed by atoms with Crippen LogP contribution >= 0.6 is 0 Å². The molecule has 1 aliphatic rings. The Morgan fingerprint density at radius 3 is 3.00 bits per heavy atom. The van der Waals surface area contributed by atoms with Crippen molar-refractivity contribution in [1.82, 2.24) is 5.06 Å². The van der Waals surface area contributed by atoms with Crippen LogP contribution < -0.4 is 10.6 Å². The van der Waals surface area contributed by atoms with Gasteiger partial charge in [-0.2, -0.15) is 0 Å². The van der Waals surface area contributed by atoms with Crippen molar-refractivity contribution in [3.8, 4) is 5.75 Å². The third kappa shape index (κ3) is 1.32. The van der Waals surface area contributed by atoms with Crippen molar-refractivity contribution in [3.05, 3.63) is 42.5 Å². The van der Waals surface area contributed by atoms with E-state index in [2.05, 4.69) is 6.58 Å². The zero-order valence-corrected chi connectivity index (χ0v) is 7.31. The number of rotatable bonds is 2. The van der Waals surface area contributed by atoms with Crippen molar-refractivity contribution in [3.63, 3.8) is 0 Å². The molecule has 1 unspecified atom stereocenters. The van der Waals surface area contributed by atoms with E-state index in [0.717, 1.165) is 11.3 Å². The van der Waals surface area contributed by atoms with E-state index in [1.165, 1.54) is 0 Å². The molecule has 1 heterocycles. The fourth-order valence-electron chi connectivity index (χ4n) is 1.42. The highest BCUT2D eigenvalue weighted by Crippen LogP contribution is 2.33. The summed E-state index contributed by atoms with van der Waals surface area (Å²) >= 11 is 0. The van der Waals surface area contributed by atoms with Gasteiger partial charge in [0.05, 0.1) is 6.54 Å². The molecule has 1 aromatic rings. The Morgan fingerprint density at radius 1 is 1.54 bits per heavy atom. The van der Waals surface area contributed by atoms with E-state index < -0.39 is 0 Å². The number of nitrogens with zero attached hydrogens (tertiary/aromatic N) is 1. The third-order valence-electron chi connectivity index (χ3n) is 2.07. The van der Waals surface area contributed by atoms with Gasteiger partial charge in [0.15, 0.2) is 5.75 Å². The minimum atomic E-state index is -0.172. The fraction of sp³-hybridized carbons (Fsp3) is 0.200. The molecule has 2 rings (SSSR count). The molecule has 2 N–H and O–H groups in total. The van der Waals surface area contributed by atoms with Crippen LogP contribution in [0.1, 0.15) is 11.7 Å². The lowest BCUT2D eigenvalue weighted by atomic mass is 10.2. The van der Waals surface area contributed by atoms with Crippen molar-refractivity contribution in [2.75, 3.05) is 6.54 Å². The quantitative estimate of drug-likeness (QED) is 0.693. The van der Waals surface area contributed by atoms with Crippen LogP contribution in [0.25, 0.3) is 0 Å². The van der Waals surface area contributed by atoms with Gasteiger partial charge in [0.1, 0.15) is 6.17 Å². The van der Waals surface area contributed by atoms with Gasteiger partial charge < -0.3 is 10.6 Å². The van der Waals surface area contributed by atoms with Crippen molar-refractivity contribution < 1.29 is 4.84 Å². The van der Waals surface area contributed by atoms with Crippen molar-refractivity contribution in [2.45, 2.75) is 6.17 Å². The third-order valence-corrected chi connectivity index (χ3v) is 2.07. The maximum absolute atomic E-state index is 5.93. The molecule has 68 valence electrons. The lowest BCUT2D eigenvalue weighted by Crippen LogP contribution is -2.31. The molecule has 0 spiro atoms. The molecule has 0 aliphatic carbocycles. The summed E-state index contributed by atoms with van der Waals surface area (Å²) in [6.45, 7) is 4.28. The van der Waals surface area contributed by atoms with Crippen LogP contribution in [0.3, 0.4) is 0 Å². The number of hydroxylamine groups is 2. The van der Waals surface area contributed by atoms with Crippen molar-refractivity contribution in [2.24, 2.45) is 5.73 Å². The predicted octanol–water partition coefficient (Wildman–Crippen LogP) is 1.44. The molecule has 0 radical (unpaired) electrons. The van der Waals surface area contributed by atoms with Gasteiger partial charge in [-0.15, -0.1) is 11.6 Å². The molecule has 0 bridgehead atoms. The van der Waals surface area contributed by atoms with E-state index in [1.807, 2.05) is 24.3 Å². The van der Waals surface area contributed by atoms with Crippen LogP contribution in [0, 0.1) is 0 Å². The molecule has 3 nitrogen and oxygen atoms in total. The van der Waals surface area contributed by atoms with Gasteiger partial charge in [-0.25, -0.2) is 0 Å². The summed E-state index contributed by atoms with van der Waals surface area (Å²) in [4.78, 5) is 5.50. The Hall–Kier alpha value is -1.32. The van der Waals surface area contributed by atoms with Gasteiger partial charge in [0, 0.05) is 5.56 Å². The number of para-hydroxylation sites is 1. The van der Waals surface area contributed by atoms with Crippen LogP contribution in [0.5, 0.6) is 5.75 Å². The number of hydrogen-bond donors (Lipinski definition) is 1. The predicted molar refractivity (Wildman–Crippen MR) is 50.9 cm³/mol. The minimum Gasteiger partial charge on any atom is -0.403 e. The average Bonchev–Trinajstić information content (AvgIpc) is 2.46. The molecule has 1 aliphatic heterocycles. The lowest BCUT2D eigenvalue weighted by Gasteiger charge is -2.16. The van der Waals surface area contributed by atoms with Gasteiger partial charge in [0.2, 0.25) is 0 Å². The fourth-order valence-corrected chi connectivity index (χ4v) is 1.42. The van der Waals surface area contributed by atoms with E-state index in [-0.39, 0.29) is 6.17 Å². The first-order chi connectivity index (χ1) is 6.33. The maximum Gasteiger partial charge on any atom is 0.153 e. The summed E-state index contributed by atoms with van der Waals surface area (Å²) < 4.78 is 0. The second kappa shape index (κ2) is 3.20. The highest BCUT2D eigenvalue weighted by Gasteiger charge is 2.27. The van der Waals surface area contributed by atoms with Crippen molar-refractivity contribution >= 4 is 0 Å². The van der Waals surface area contributed by atoms with Gasteiger partial charge >= 0.3 is 0 Å². The summed E-state index contributed by atoms with van der Waals surface area (Å²) in [6.07, 6.45) is 1.60. The summed E-state index contributed by atoms with van der Waals surface area (Å²) in [6, 6.07) is 7.78. The molecular formula is C10H12N2O. The number of benzene rings is 1. The Morgan fingerprint density at radius 2 is 2.31 bits per heavy atom. The largest absolute Gasteiger partial charge is 0.403 e. The molecule has 13 heavy (non-hydrogen) atoms. The van der Waals surface area contributed by atoms with Crippen LogP contribution in [0.2, 0.25) is 0 Å². The zero-order chi connectivity index (χ0) is 9.26. The molecule has 0 amide bonds. The van der Waals surface area contributed by atoms with Crippen LogP contribution in [-0.2, 0) is 0 Å². The molecule has 0 saturated carbocycles. The second-order valence-corrected chi connectivity index (χ2v) is 2.96. The number of nitrogens with two attached hydrogens (primary N) is 1. The molecule has 0 aromatic heterocycles. The first-order valence-electron chi connectivity index (χ1n) is 4.23. The highest BCUT2D eigenvalue weighted by molar-refractivity contribution is 5.37. The highest BCUT2D eigenvalue weighted by atomic mass is 16.7. The molecule has 0 fully saturated rings. The van der Waals surface area contributed by atoms with Crippen molar-refractivity contribution in [1.29, 1.82) is 0 Å². The number of hydrogen-bond acceptors (Lipinski definition) is 3. The first-order valence-corrected chi connectivity index (χ1v) is 4.23. The zero-order valence-electron chi connectivity index (χ0n) is 7.31. The van der Waals surface area contributed by atoms with Gasteiger partial charge in [-0.1, -0.05) is 24.3 Å². The SMILES string of the molecule is C=CCN1Oc2ccccc2C1N. The standard InChI is InChI=1S/C10H12N2O/c1-2-7-12-10(11)8-5-3-4-6-9(8)13-12/h2-6,10H,1,7,11H2. The van der Waals surface area contributed by atoms with E-state index in [4.69, 9.17) is 10.6 Å². The maximum atomic E-state index is 5.93. The van der Waals surface area contributed by atoms with E-state index in [9.17, 15) is 0 Å². The summed E-state index contributed by atoms with van der Waals surface area (Å²) in [5.74, 6) is 0.844. The van der Waals surface area contributed by atoms with Gasteiger partial charge in [-0.05, 0) is 6.07 Å². The first kappa shape index (κ1) is 8.29. The summed E-state index contributed by atoms with van der Waals surface area (Å²) in [7, 11) is 0. The van der Waals surface area contributed by atoms with Crippen LogP contribution in [0.15, 0.2) is 36.9 Å². The lowest BCUT2D eigenvalue weighted by molar-refractivity contribution is -0.0581. The van der Waals surface area contributed by atoms with E-state index >= 15 is 0 Å². The monoisotopic (exact) mass is 176 g/mol. The number of fused-ring (bicyclic) bond motifs is 1. The smallest absolute Gasteiger partial charge is 0.153 e. The molecular weight excluding hydrogens is 164 g/mol. The Kier molecular flexibility index (Phi) is 2.04. The van der Waals surface area contributed by atoms with Crippen LogP contribution in [-0.4, -0.2) is 11.6 Å². The van der Waals surface area contributed by atoms with Gasteiger partial charge in [0.25, 0.3) is 0 Å².